The van der Waals surface area contributed by atoms with Crippen LogP contribution >= 0.6 is 0 Å². The molecule has 3 rings (SSSR count). The molecule has 0 bridgehead atoms. The number of carbonyl (C=O) groups excluding carboxylic acids is 1. The predicted molar refractivity (Wildman–Crippen MR) is 101 cm³/mol. The Labute approximate surface area is 154 Å². The standard InChI is InChI=1S/C20H23BO5/c1-4-5-10-21-25-18-11-16(17(24-3)12-19(18)26-21)20(23)13(2)14-6-8-15(22)9-7-14/h6-9,11-13,22H,4-5,10H2,1-3H3. The molecule has 0 saturated carbocycles. The zero-order valence-electron chi connectivity index (χ0n) is 15.3. The Morgan fingerprint density at radius 2 is 1.85 bits per heavy atom. The summed E-state index contributed by atoms with van der Waals surface area (Å²) in [6.07, 6.45) is 2.89. The van der Waals surface area contributed by atoms with E-state index in [2.05, 4.69) is 6.92 Å². The average molecular weight is 354 g/mol. The number of phenolic OH excluding ortho intramolecular Hbond substituents is 1. The smallest absolute Gasteiger partial charge is 0.523 e. The van der Waals surface area contributed by atoms with Crippen LogP contribution in [0.2, 0.25) is 6.32 Å². The molecular formula is C20H23BO5. The van der Waals surface area contributed by atoms with Crippen molar-refractivity contribution in [1.29, 1.82) is 0 Å². The number of rotatable bonds is 7. The summed E-state index contributed by atoms with van der Waals surface area (Å²) < 4.78 is 17.1. The Hall–Kier alpha value is -2.63. The molecule has 2 aromatic rings. The zero-order valence-corrected chi connectivity index (χ0v) is 15.3. The Morgan fingerprint density at radius 1 is 1.19 bits per heavy atom. The lowest BCUT2D eigenvalue weighted by Gasteiger charge is -2.14. The lowest BCUT2D eigenvalue weighted by molar-refractivity contribution is 0.0963. The number of hydrogen-bond acceptors (Lipinski definition) is 5. The number of unbranched alkanes of at least 4 members (excludes halogenated alkanes) is 1. The van der Waals surface area contributed by atoms with E-state index in [1.165, 1.54) is 7.11 Å². The van der Waals surface area contributed by atoms with Crippen molar-refractivity contribution in [2.75, 3.05) is 7.11 Å². The van der Waals surface area contributed by atoms with Gasteiger partial charge in [0.25, 0.3) is 0 Å². The molecule has 136 valence electrons. The molecule has 1 atom stereocenters. The minimum atomic E-state index is -0.374. The first-order valence-electron chi connectivity index (χ1n) is 8.92. The Morgan fingerprint density at radius 3 is 2.46 bits per heavy atom. The molecule has 0 amide bonds. The van der Waals surface area contributed by atoms with Crippen molar-refractivity contribution < 1.29 is 23.9 Å². The number of ether oxygens (including phenoxy) is 1. The maximum absolute atomic E-state index is 13.0. The lowest BCUT2D eigenvalue weighted by Crippen LogP contribution is -2.23. The van der Waals surface area contributed by atoms with Crippen molar-refractivity contribution >= 4 is 12.9 Å². The van der Waals surface area contributed by atoms with Crippen LogP contribution in [-0.2, 0) is 0 Å². The second-order valence-electron chi connectivity index (χ2n) is 6.48. The molecule has 1 N–H and O–H groups in total. The topological polar surface area (TPSA) is 65.0 Å². The van der Waals surface area contributed by atoms with Gasteiger partial charge in [0.15, 0.2) is 5.78 Å². The Kier molecular flexibility index (Phi) is 5.40. The van der Waals surface area contributed by atoms with Crippen LogP contribution in [0.4, 0.5) is 0 Å². The highest BCUT2D eigenvalue weighted by atomic mass is 16.6. The summed E-state index contributed by atoms with van der Waals surface area (Å²) in [5.41, 5.74) is 1.29. The SMILES string of the molecule is CCCCB1Oc2cc(OC)c(C(=O)C(C)c3ccc(O)cc3)cc2O1. The third-order valence-electron chi connectivity index (χ3n) is 4.63. The summed E-state index contributed by atoms with van der Waals surface area (Å²) >= 11 is 0. The number of aromatic hydroxyl groups is 1. The number of hydrogen-bond donors (Lipinski definition) is 1. The number of phenols is 1. The number of methoxy groups -OCH3 is 1. The molecule has 0 aliphatic carbocycles. The van der Waals surface area contributed by atoms with Gasteiger partial charge in [-0.15, -0.1) is 0 Å². The lowest BCUT2D eigenvalue weighted by atomic mass is 9.83. The summed E-state index contributed by atoms with van der Waals surface area (Å²) in [6, 6.07) is 10.1. The predicted octanol–water partition coefficient (Wildman–Crippen LogP) is 4.45. The van der Waals surface area contributed by atoms with Gasteiger partial charge in [0.05, 0.1) is 12.7 Å². The van der Waals surface area contributed by atoms with Gasteiger partial charge >= 0.3 is 7.12 Å². The fraction of sp³-hybridized carbons (Fsp3) is 0.350. The van der Waals surface area contributed by atoms with Crippen LogP contribution in [0, 0.1) is 0 Å². The first kappa shape index (κ1) is 18.2. The monoisotopic (exact) mass is 354 g/mol. The molecule has 0 radical (unpaired) electrons. The second kappa shape index (κ2) is 7.73. The van der Waals surface area contributed by atoms with Crippen molar-refractivity contribution in [3.8, 4) is 23.0 Å². The van der Waals surface area contributed by atoms with E-state index in [4.69, 9.17) is 14.0 Å². The van der Waals surface area contributed by atoms with Gasteiger partial charge in [0.1, 0.15) is 23.0 Å². The molecule has 1 aliphatic rings. The van der Waals surface area contributed by atoms with Crippen LogP contribution in [0.15, 0.2) is 36.4 Å². The molecule has 6 heteroatoms. The van der Waals surface area contributed by atoms with Gasteiger partial charge in [-0.25, -0.2) is 0 Å². The number of Topliss-reactive ketones (excluding diaryl/α,β-unsaturated/α-hetero) is 1. The van der Waals surface area contributed by atoms with Gasteiger partial charge in [-0.05, 0) is 23.8 Å². The zero-order chi connectivity index (χ0) is 18.7. The van der Waals surface area contributed by atoms with E-state index in [-0.39, 0.29) is 24.6 Å². The molecule has 0 saturated heterocycles. The van der Waals surface area contributed by atoms with Crippen molar-refractivity contribution in [2.45, 2.75) is 38.9 Å². The summed E-state index contributed by atoms with van der Waals surface area (Å²) in [5.74, 6) is 1.38. The summed E-state index contributed by atoms with van der Waals surface area (Å²) in [7, 11) is 1.23. The average Bonchev–Trinajstić information content (AvgIpc) is 3.06. The molecule has 1 aliphatic heterocycles. The highest BCUT2D eigenvalue weighted by Crippen LogP contribution is 2.41. The fourth-order valence-electron chi connectivity index (χ4n) is 3.03. The maximum atomic E-state index is 13.0. The minimum absolute atomic E-state index is 0.0732. The van der Waals surface area contributed by atoms with Gasteiger partial charge < -0.3 is 19.2 Å². The summed E-state index contributed by atoms with van der Waals surface area (Å²) in [5, 5.41) is 9.43. The number of carbonyl (C=O) groups is 1. The Balaban J connectivity index is 1.86. The van der Waals surface area contributed by atoms with E-state index < -0.39 is 0 Å². The normalized spacial score (nSPS) is 13.6. The van der Waals surface area contributed by atoms with Crippen molar-refractivity contribution in [1.82, 2.24) is 0 Å². The molecule has 26 heavy (non-hydrogen) atoms. The minimum Gasteiger partial charge on any atom is -0.523 e. The second-order valence-corrected chi connectivity index (χ2v) is 6.48. The van der Waals surface area contributed by atoms with E-state index in [1.54, 1.807) is 36.4 Å². The molecule has 0 aromatic heterocycles. The van der Waals surface area contributed by atoms with Crippen molar-refractivity contribution in [3.63, 3.8) is 0 Å². The third-order valence-corrected chi connectivity index (χ3v) is 4.63. The van der Waals surface area contributed by atoms with Gasteiger partial charge in [0.2, 0.25) is 0 Å². The first-order valence-corrected chi connectivity index (χ1v) is 8.92. The van der Waals surface area contributed by atoms with E-state index in [0.29, 0.717) is 22.8 Å². The number of ketones is 1. The van der Waals surface area contributed by atoms with Crippen LogP contribution in [0.25, 0.3) is 0 Å². The molecule has 5 nitrogen and oxygen atoms in total. The molecule has 1 unspecified atom stereocenters. The van der Waals surface area contributed by atoms with Crippen LogP contribution in [-0.4, -0.2) is 25.1 Å². The van der Waals surface area contributed by atoms with E-state index >= 15 is 0 Å². The van der Waals surface area contributed by atoms with Gasteiger partial charge in [-0.3, -0.25) is 4.79 Å². The number of benzene rings is 2. The van der Waals surface area contributed by atoms with E-state index in [0.717, 1.165) is 24.7 Å². The van der Waals surface area contributed by atoms with E-state index in [1.807, 2.05) is 6.92 Å². The molecule has 1 heterocycles. The quantitative estimate of drug-likeness (QED) is 0.588. The van der Waals surface area contributed by atoms with Crippen LogP contribution in [0.5, 0.6) is 23.0 Å². The maximum Gasteiger partial charge on any atom is 0.594 e. The fourth-order valence-corrected chi connectivity index (χ4v) is 3.03. The largest absolute Gasteiger partial charge is 0.594 e. The molecular weight excluding hydrogens is 331 g/mol. The van der Waals surface area contributed by atoms with Gasteiger partial charge in [0, 0.05) is 18.3 Å². The number of fused-ring (bicyclic) bond motifs is 1. The van der Waals surface area contributed by atoms with Crippen molar-refractivity contribution in [2.24, 2.45) is 0 Å². The summed E-state index contributed by atoms with van der Waals surface area (Å²) in [4.78, 5) is 13.0. The van der Waals surface area contributed by atoms with Gasteiger partial charge in [-0.1, -0.05) is 38.8 Å². The van der Waals surface area contributed by atoms with Crippen molar-refractivity contribution in [3.05, 3.63) is 47.5 Å². The van der Waals surface area contributed by atoms with Crippen LogP contribution in [0.3, 0.4) is 0 Å². The summed E-state index contributed by atoms with van der Waals surface area (Å²) in [6.45, 7) is 3.95. The third kappa shape index (κ3) is 3.64. The van der Waals surface area contributed by atoms with Crippen LogP contribution < -0.4 is 14.0 Å². The molecule has 0 fully saturated rings. The highest BCUT2D eigenvalue weighted by molar-refractivity contribution is 6.47. The van der Waals surface area contributed by atoms with Crippen LogP contribution in [0.1, 0.15) is 48.5 Å². The first-order chi connectivity index (χ1) is 12.5. The molecule has 0 spiro atoms. The highest BCUT2D eigenvalue weighted by Gasteiger charge is 2.33. The van der Waals surface area contributed by atoms with Gasteiger partial charge in [-0.2, -0.15) is 0 Å². The van der Waals surface area contributed by atoms with E-state index in [9.17, 15) is 9.90 Å². The molecule has 2 aromatic carbocycles. The Bertz CT molecular complexity index is 788.